The second-order valence-electron chi connectivity index (χ2n) is 5.62. The van der Waals surface area contributed by atoms with Gasteiger partial charge in [0.05, 0.1) is 24.3 Å². The molecule has 0 aliphatic carbocycles. The Bertz CT molecular complexity index is 661. The molecule has 1 aliphatic rings. The summed E-state index contributed by atoms with van der Waals surface area (Å²) in [5, 5.41) is 0.644. The van der Waals surface area contributed by atoms with Crippen molar-refractivity contribution in [2.24, 2.45) is 0 Å². The summed E-state index contributed by atoms with van der Waals surface area (Å²) < 4.78 is 2.15. The number of rotatable bonds is 2. The van der Waals surface area contributed by atoms with Gasteiger partial charge in [-0.1, -0.05) is 11.6 Å². The summed E-state index contributed by atoms with van der Waals surface area (Å²) in [5.41, 5.74) is 2.95. The molecular formula is C16H18ClN3O. The molecule has 2 aromatic rings. The van der Waals surface area contributed by atoms with Gasteiger partial charge in [0, 0.05) is 29.6 Å². The first kappa shape index (κ1) is 14.1. The summed E-state index contributed by atoms with van der Waals surface area (Å²) in [7, 11) is 0. The molecule has 0 spiro atoms. The summed E-state index contributed by atoms with van der Waals surface area (Å²) in [4.78, 5) is 18.9. The zero-order valence-corrected chi connectivity index (χ0v) is 13.0. The predicted molar refractivity (Wildman–Crippen MR) is 82.5 cm³/mol. The zero-order chi connectivity index (χ0) is 15.0. The van der Waals surface area contributed by atoms with Crippen molar-refractivity contribution in [1.82, 2.24) is 14.5 Å². The van der Waals surface area contributed by atoms with Gasteiger partial charge in [0.1, 0.15) is 0 Å². The van der Waals surface area contributed by atoms with E-state index < -0.39 is 0 Å². The molecule has 1 aromatic carbocycles. The lowest BCUT2D eigenvalue weighted by molar-refractivity contribution is 0.0728. The van der Waals surface area contributed by atoms with E-state index in [1.165, 1.54) is 0 Å². The Kier molecular flexibility index (Phi) is 3.72. The molecule has 0 atom stereocenters. The standard InChI is InChI=1S/C16H18ClN3O/c1-11(2)20-10-18-14-7-8-19(9-15(14)20)16(21)12-3-5-13(17)6-4-12/h3-6,10-11H,7-9H2,1-2H3. The number of halogens is 1. The molecular weight excluding hydrogens is 286 g/mol. The fraction of sp³-hybridized carbons (Fsp3) is 0.375. The van der Waals surface area contributed by atoms with E-state index in [1.54, 1.807) is 24.3 Å². The van der Waals surface area contributed by atoms with Crippen LogP contribution in [0.15, 0.2) is 30.6 Å². The van der Waals surface area contributed by atoms with E-state index in [-0.39, 0.29) is 5.91 Å². The van der Waals surface area contributed by atoms with Crippen LogP contribution in [0.1, 0.15) is 41.6 Å². The van der Waals surface area contributed by atoms with Crippen molar-refractivity contribution < 1.29 is 4.79 Å². The summed E-state index contributed by atoms with van der Waals surface area (Å²) in [6.07, 6.45) is 2.69. The number of amides is 1. The van der Waals surface area contributed by atoms with Gasteiger partial charge in [-0.15, -0.1) is 0 Å². The van der Waals surface area contributed by atoms with Gasteiger partial charge in [-0.25, -0.2) is 4.98 Å². The Balaban J connectivity index is 1.83. The quantitative estimate of drug-likeness (QED) is 0.853. The molecule has 2 heterocycles. The highest BCUT2D eigenvalue weighted by molar-refractivity contribution is 6.30. The lowest BCUT2D eigenvalue weighted by atomic mass is 10.1. The molecule has 5 heteroatoms. The molecule has 3 rings (SSSR count). The monoisotopic (exact) mass is 303 g/mol. The molecule has 0 unspecified atom stereocenters. The molecule has 4 nitrogen and oxygen atoms in total. The van der Waals surface area contributed by atoms with Gasteiger partial charge >= 0.3 is 0 Å². The van der Waals surface area contributed by atoms with Crippen LogP contribution in [-0.4, -0.2) is 26.9 Å². The van der Waals surface area contributed by atoms with Crippen LogP contribution in [0, 0.1) is 0 Å². The Morgan fingerprint density at radius 1 is 1.29 bits per heavy atom. The number of fused-ring (bicyclic) bond motifs is 1. The number of benzene rings is 1. The molecule has 0 radical (unpaired) electrons. The average Bonchev–Trinajstić information content (AvgIpc) is 2.90. The molecule has 0 saturated heterocycles. The third kappa shape index (κ3) is 2.68. The van der Waals surface area contributed by atoms with Crippen LogP contribution in [-0.2, 0) is 13.0 Å². The average molecular weight is 304 g/mol. The van der Waals surface area contributed by atoms with E-state index in [4.69, 9.17) is 11.6 Å². The first-order valence-corrected chi connectivity index (χ1v) is 7.53. The van der Waals surface area contributed by atoms with Crippen molar-refractivity contribution in [3.63, 3.8) is 0 Å². The predicted octanol–water partition coefficient (Wildman–Crippen LogP) is 3.32. The van der Waals surface area contributed by atoms with Gasteiger partial charge in [-0.2, -0.15) is 0 Å². The molecule has 1 aliphatic heterocycles. The molecule has 0 saturated carbocycles. The highest BCUT2D eigenvalue weighted by atomic mass is 35.5. The second kappa shape index (κ2) is 5.53. The van der Waals surface area contributed by atoms with E-state index in [0.717, 1.165) is 17.8 Å². The summed E-state index contributed by atoms with van der Waals surface area (Å²) in [6.45, 7) is 5.59. The Hall–Kier alpha value is -1.81. The highest BCUT2D eigenvalue weighted by Crippen LogP contribution is 2.22. The van der Waals surface area contributed by atoms with Crippen LogP contribution in [0.25, 0.3) is 0 Å². The SMILES string of the molecule is CC(C)n1cnc2c1CN(C(=O)c1ccc(Cl)cc1)CC2. The summed E-state index contributed by atoms with van der Waals surface area (Å²) in [5.74, 6) is 0.0498. The zero-order valence-electron chi connectivity index (χ0n) is 12.2. The maximum atomic E-state index is 12.6. The van der Waals surface area contributed by atoms with Crippen molar-refractivity contribution in [3.8, 4) is 0 Å². The van der Waals surface area contributed by atoms with Crippen LogP contribution in [0.5, 0.6) is 0 Å². The minimum absolute atomic E-state index is 0.0498. The smallest absolute Gasteiger partial charge is 0.254 e. The van der Waals surface area contributed by atoms with Gasteiger partial charge in [0.25, 0.3) is 5.91 Å². The van der Waals surface area contributed by atoms with Crippen LogP contribution >= 0.6 is 11.6 Å². The second-order valence-corrected chi connectivity index (χ2v) is 6.06. The molecule has 0 fully saturated rings. The van der Waals surface area contributed by atoms with E-state index in [1.807, 2.05) is 11.2 Å². The van der Waals surface area contributed by atoms with Crippen LogP contribution in [0.4, 0.5) is 0 Å². The lowest BCUT2D eigenvalue weighted by Crippen LogP contribution is -2.36. The Labute approximate surface area is 129 Å². The fourth-order valence-electron chi connectivity index (χ4n) is 2.70. The molecule has 0 N–H and O–H groups in total. The normalized spacial score (nSPS) is 14.4. The lowest BCUT2D eigenvalue weighted by Gasteiger charge is -2.28. The van der Waals surface area contributed by atoms with Crippen LogP contribution in [0.3, 0.4) is 0 Å². The van der Waals surface area contributed by atoms with Gasteiger partial charge in [-0.05, 0) is 38.1 Å². The maximum absolute atomic E-state index is 12.6. The highest BCUT2D eigenvalue weighted by Gasteiger charge is 2.25. The van der Waals surface area contributed by atoms with Gasteiger partial charge in [-0.3, -0.25) is 4.79 Å². The third-order valence-electron chi connectivity index (χ3n) is 3.88. The summed E-state index contributed by atoms with van der Waals surface area (Å²) in [6, 6.07) is 7.41. The van der Waals surface area contributed by atoms with Crippen molar-refractivity contribution in [1.29, 1.82) is 0 Å². The number of carbonyl (C=O) groups excluding carboxylic acids is 1. The number of carbonyl (C=O) groups is 1. The van der Waals surface area contributed by atoms with Crippen molar-refractivity contribution in [2.45, 2.75) is 32.9 Å². The third-order valence-corrected chi connectivity index (χ3v) is 4.13. The number of aromatic nitrogens is 2. The Morgan fingerprint density at radius 3 is 2.67 bits per heavy atom. The number of imidazole rings is 1. The number of hydrogen-bond acceptors (Lipinski definition) is 2. The van der Waals surface area contributed by atoms with Gasteiger partial charge in [0.2, 0.25) is 0 Å². The minimum atomic E-state index is 0.0498. The summed E-state index contributed by atoms with van der Waals surface area (Å²) >= 11 is 5.87. The molecule has 1 amide bonds. The first-order valence-electron chi connectivity index (χ1n) is 7.15. The van der Waals surface area contributed by atoms with Gasteiger partial charge < -0.3 is 9.47 Å². The van der Waals surface area contributed by atoms with Crippen molar-refractivity contribution in [3.05, 3.63) is 52.6 Å². The largest absolute Gasteiger partial charge is 0.332 e. The molecule has 110 valence electrons. The van der Waals surface area contributed by atoms with Crippen LogP contribution < -0.4 is 0 Å². The van der Waals surface area contributed by atoms with E-state index in [2.05, 4.69) is 23.4 Å². The minimum Gasteiger partial charge on any atom is -0.332 e. The first-order chi connectivity index (χ1) is 10.1. The van der Waals surface area contributed by atoms with Gasteiger partial charge in [0.15, 0.2) is 0 Å². The fourth-order valence-corrected chi connectivity index (χ4v) is 2.83. The molecule has 1 aromatic heterocycles. The van der Waals surface area contributed by atoms with Crippen molar-refractivity contribution >= 4 is 17.5 Å². The maximum Gasteiger partial charge on any atom is 0.254 e. The van der Waals surface area contributed by atoms with Crippen LogP contribution in [0.2, 0.25) is 5.02 Å². The molecule has 21 heavy (non-hydrogen) atoms. The van der Waals surface area contributed by atoms with E-state index in [9.17, 15) is 4.79 Å². The number of nitrogens with zero attached hydrogens (tertiary/aromatic N) is 3. The Morgan fingerprint density at radius 2 is 2.00 bits per heavy atom. The number of hydrogen-bond donors (Lipinski definition) is 0. The topological polar surface area (TPSA) is 38.1 Å². The van der Waals surface area contributed by atoms with E-state index in [0.29, 0.717) is 29.7 Å². The van der Waals surface area contributed by atoms with E-state index >= 15 is 0 Å². The molecule has 0 bridgehead atoms. The van der Waals surface area contributed by atoms with Crippen molar-refractivity contribution in [2.75, 3.05) is 6.54 Å².